The number of carbonyl (C=O) groups excluding carboxylic acids is 2. The number of ether oxygens (including phenoxy) is 1. The third-order valence-corrected chi connectivity index (χ3v) is 9.59. The Labute approximate surface area is 236 Å². The first-order chi connectivity index (χ1) is 19.2. The molecule has 0 aromatic heterocycles. The Morgan fingerprint density at radius 1 is 0.975 bits per heavy atom. The second-order valence-electron chi connectivity index (χ2n) is 10.5. The van der Waals surface area contributed by atoms with Crippen molar-refractivity contribution in [2.24, 2.45) is 5.92 Å². The molecule has 0 aliphatic carbocycles. The third-order valence-electron chi connectivity index (χ3n) is 7.58. The van der Waals surface area contributed by atoms with E-state index in [-0.39, 0.29) is 29.8 Å². The minimum atomic E-state index is -3.76. The molecular formula is C31H35N3O5S. The zero-order chi connectivity index (χ0) is 28.3. The molecule has 8 nitrogen and oxygen atoms in total. The Balaban J connectivity index is 1.31. The molecule has 5 rings (SSSR count). The van der Waals surface area contributed by atoms with Gasteiger partial charge in [0.2, 0.25) is 15.9 Å². The summed E-state index contributed by atoms with van der Waals surface area (Å²) in [7, 11) is -3.76. The normalized spacial score (nSPS) is 19.4. The largest absolute Gasteiger partial charge is 0.477 e. The third kappa shape index (κ3) is 5.90. The number of aryl methyl sites for hydroxylation is 2. The fraction of sp³-hybridized carbons (Fsp3) is 0.355. The highest BCUT2D eigenvalue weighted by atomic mass is 32.2. The molecule has 2 aliphatic rings. The number of rotatable bonds is 7. The maximum absolute atomic E-state index is 13.9. The second kappa shape index (κ2) is 11.8. The van der Waals surface area contributed by atoms with Gasteiger partial charge in [-0.05, 0) is 68.0 Å². The molecule has 0 bridgehead atoms. The lowest BCUT2D eigenvalue weighted by Crippen LogP contribution is -2.54. The van der Waals surface area contributed by atoms with E-state index in [1.807, 2.05) is 55.5 Å². The first-order valence-corrected chi connectivity index (χ1v) is 15.1. The molecule has 210 valence electrons. The van der Waals surface area contributed by atoms with Gasteiger partial charge in [0.1, 0.15) is 5.75 Å². The van der Waals surface area contributed by atoms with Crippen molar-refractivity contribution < 1.29 is 22.7 Å². The number of nitrogens with one attached hydrogen (secondary N) is 1. The van der Waals surface area contributed by atoms with Crippen LogP contribution in [0.25, 0.3) is 0 Å². The van der Waals surface area contributed by atoms with Gasteiger partial charge in [0, 0.05) is 19.6 Å². The summed E-state index contributed by atoms with van der Waals surface area (Å²) in [5, 5.41) is 2.94. The van der Waals surface area contributed by atoms with Crippen molar-refractivity contribution in [2.75, 3.05) is 31.1 Å². The molecule has 2 heterocycles. The van der Waals surface area contributed by atoms with E-state index in [1.165, 1.54) is 4.31 Å². The predicted molar refractivity (Wildman–Crippen MR) is 154 cm³/mol. The molecule has 2 aliphatic heterocycles. The second-order valence-corrected chi connectivity index (χ2v) is 12.4. The number of carbonyl (C=O) groups is 2. The van der Waals surface area contributed by atoms with Crippen molar-refractivity contribution >= 4 is 27.5 Å². The highest BCUT2D eigenvalue weighted by Gasteiger charge is 2.40. The smallest absolute Gasteiger partial charge is 0.262 e. The van der Waals surface area contributed by atoms with E-state index in [9.17, 15) is 18.0 Å². The SMILES string of the molecule is Cc1ccc(C)c(S(=O)(=O)N2CCC[C@@H](C(=O)N3C[C@H](C(=O)NCCc4ccccc4)Oc4ccccc43)C2)c1. The summed E-state index contributed by atoms with van der Waals surface area (Å²) < 4.78 is 34.6. The lowest BCUT2D eigenvalue weighted by Gasteiger charge is -2.38. The average Bonchev–Trinajstić information content (AvgIpc) is 2.98. The quantitative estimate of drug-likeness (QED) is 0.473. The molecule has 0 unspecified atom stereocenters. The van der Waals surface area contributed by atoms with E-state index < -0.39 is 22.0 Å². The minimum Gasteiger partial charge on any atom is -0.477 e. The van der Waals surface area contributed by atoms with Crippen LogP contribution in [0.1, 0.15) is 29.5 Å². The Kier molecular flexibility index (Phi) is 8.23. The highest BCUT2D eigenvalue weighted by molar-refractivity contribution is 7.89. The summed E-state index contributed by atoms with van der Waals surface area (Å²) in [5.41, 5.74) is 3.26. The topological polar surface area (TPSA) is 96.0 Å². The number of hydrogen-bond acceptors (Lipinski definition) is 5. The van der Waals surface area contributed by atoms with Gasteiger partial charge in [-0.25, -0.2) is 8.42 Å². The van der Waals surface area contributed by atoms with Crippen LogP contribution in [-0.4, -0.2) is 56.8 Å². The molecule has 3 aromatic rings. The van der Waals surface area contributed by atoms with E-state index in [0.717, 1.165) is 11.1 Å². The minimum absolute atomic E-state index is 0.0628. The van der Waals surface area contributed by atoms with Crippen LogP contribution in [0, 0.1) is 19.8 Å². The van der Waals surface area contributed by atoms with Crippen molar-refractivity contribution in [2.45, 2.75) is 44.1 Å². The molecule has 1 saturated heterocycles. The first-order valence-electron chi connectivity index (χ1n) is 13.7. The van der Waals surface area contributed by atoms with Gasteiger partial charge in [-0.15, -0.1) is 0 Å². The summed E-state index contributed by atoms with van der Waals surface area (Å²) in [6, 6.07) is 22.4. The van der Waals surface area contributed by atoms with Gasteiger partial charge in [-0.1, -0.05) is 54.6 Å². The maximum atomic E-state index is 13.9. The molecule has 1 fully saturated rings. The molecule has 0 saturated carbocycles. The lowest BCUT2D eigenvalue weighted by atomic mass is 9.97. The zero-order valence-electron chi connectivity index (χ0n) is 22.9. The van der Waals surface area contributed by atoms with Crippen molar-refractivity contribution in [1.29, 1.82) is 0 Å². The Morgan fingerprint density at radius 2 is 1.73 bits per heavy atom. The highest BCUT2D eigenvalue weighted by Crippen LogP contribution is 2.36. The summed E-state index contributed by atoms with van der Waals surface area (Å²) >= 11 is 0. The number of amides is 2. The monoisotopic (exact) mass is 561 g/mol. The van der Waals surface area contributed by atoms with Crippen molar-refractivity contribution in [3.8, 4) is 5.75 Å². The van der Waals surface area contributed by atoms with Gasteiger partial charge in [0.25, 0.3) is 5.91 Å². The van der Waals surface area contributed by atoms with E-state index >= 15 is 0 Å². The van der Waals surface area contributed by atoms with Crippen molar-refractivity contribution in [1.82, 2.24) is 9.62 Å². The van der Waals surface area contributed by atoms with Crippen LogP contribution in [0.5, 0.6) is 5.75 Å². The summed E-state index contributed by atoms with van der Waals surface area (Å²) in [4.78, 5) is 28.9. The van der Waals surface area contributed by atoms with Crippen LogP contribution in [0.2, 0.25) is 0 Å². The van der Waals surface area contributed by atoms with Crippen molar-refractivity contribution in [3.05, 3.63) is 89.5 Å². The molecule has 40 heavy (non-hydrogen) atoms. The number of nitrogens with zero attached hydrogens (tertiary/aromatic N) is 2. The van der Waals surface area contributed by atoms with Crippen molar-refractivity contribution in [3.63, 3.8) is 0 Å². The average molecular weight is 562 g/mol. The number of hydrogen-bond donors (Lipinski definition) is 1. The maximum Gasteiger partial charge on any atom is 0.262 e. The molecule has 3 aromatic carbocycles. The number of sulfonamides is 1. The zero-order valence-corrected chi connectivity index (χ0v) is 23.7. The summed E-state index contributed by atoms with van der Waals surface area (Å²) in [6.45, 7) is 4.63. The standard InChI is InChI=1S/C31H35N3O5S/c1-22-14-15-23(2)29(19-22)40(37,38)33-18-8-11-25(20-33)31(36)34-21-28(39-27-13-7-6-12-26(27)34)30(35)32-17-16-24-9-4-3-5-10-24/h3-7,9-10,12-15,19,25,28H,8,11,16-18,20-21H2,1-2H3,(H,32,35)/t25-,28-/m1/s1. The molecular weight excluding hydrogens is 526 g/mol. The fourth-order valence-electron chi connectivity index (χ4n) is 5.38. The number of para-hydroxylation sites is 2. The number of piperidine rings is 1. The number of fused-ring (bicyclic) bond motifs is 1. The van der Waals surface area contributed by atoms with Crippen LogP contribution in [-0.2, 0) is 26.0 Å². The fourth-order valence-corrected chi connectivity index (χ4v) is 7.21. The number of anilines is 1. The van der Waals surface area contributed by atoms with Gasteiger partial charge in [0.15, 0.2) is 6.10 Å². The molecule has 2 amide bonds. The van der Waals surface area contributed by atoms with Gasteiger partial charge >= 0.3 is 0 Å². The van der Waals surface area contributed by atoms with E-state index in [1.54, 1.807) is 36.1 Å². The van der Waals surface area contributed by atoms with Crippen LogP contribution in [0.15, 0.2) is 77.7 Å². The Morgan fingerprint density at radius 3 is 2.52 bits per heavy atom. The lowest BCUT2D eigenvalue weighted by molar-refractivity contribution is -0.129. The van der Waals surface area contributed by atoms with Crippen LogP contribution < -0.4 is 15.0 Å². The van der Waals surface area contributed by atoms with Crippen LogP contribution in [0.4, 0.5) is 5.69 Å². The van der Waals surface area contributed by atoms with Gasteiger partial charge in [-0.3, -0.25) is 9.59 Å². The molecule has 0 radical (unpaired) electrons. The van der Waals surface area contributed by atoms with Gasteiger partial charge < -0.3 is 15.0 Å². The van der Waals surface area contributed by atoms with E-state index in [0.29, 0.717) is 49.4 Å². The van der Waals surface area contributed by atoms with E-state index in [2.05, 4.69) is 5.32 Å². The van der Waals surface area contributed by atoms with Gasteiger partial charge in [-0.2, -0.15) is 4.31 Å². The molecule has 9 heteroatoms. The predicted octanol–water partition coefficient (Wildman–Crippen LogP) is 3.86. The molecule has 2 atom stereocenters. The summed E-state index contributed by atoms with van der Waals surface area (Å²) in [5.74, 6) is -0.549. The number of benzene rings is 3. The van der Waals surface area contributed by atoms with Crippen LogP contribution >= 0.6 is 0 Å². The Hall–Kier alpha value is -3.69. The van der Waals surface area contributed by atoms with Crippen LogP contribution in [0.3, 0.4) is 0 Å². The molecule has 1 N–H and O–H groups in total. The van der Waals surface area contributed by atoms with E-state index in [4.69, 9.17) is 4.74 Å². The first kappa shape index (κ1) is 27.9. The Bertz CT molecular complexity index is 1490. The summed E-state index contributed by atoms with van der Waals surface area (Å²) in [6.07, 6.45) is 0.972. The molecule has 0 spiro atoms. The van der Waals surface area contributed by atoms with Gasteiger partial charge in [0.05, 0.1) is 23.0 Å².